The van der Waals surface area contributed by atoms with Gasteiger partial charge < -0.3 is 25.0 Å². The van der Waals surface area contributed by atoms with E-state index in [-0.39, 0.29) is 30.9 Å². The first-order valence-corrected chi connectivity index (χ1v) is 11.7. The van der Waals surface area contributed by atoms with E-state index in [1.165, 1.54) is 24.3 Å². The van der Waals surface area contributed by atoms with Crippen molar-refractivity contribution in [2.45, 2.75) is 45.5 Å². The van der Waals surface area contributed by atoms with Crippen LogP contribution in [-0.4, -0.2) is 40.1 Å². The molecule has 1 aliphatic carbocycles. The molecule has 2 aromatic carbocycles. The second-order valence-corrected chi connectivity index (χ2v) is 9.26. The van der Waals surface area contributed by atoms with Crippen molar-refractivity contribution in [3.05, 3.63) is 48.0 Å². The molecule has 0 saturated heterocycles. The van der Waals surface area contributed by atoms with Gasteiger partial charge in [0.15, 0.2) is 0 Å². The molecule has 35 heavy (non-hydrogen) atoms. The minimum atomic E-state index is -4.75. The Labute approximate surface area is 201 Å². The van der Waals surface area contributed by atoms with Crippen LogP contribution in [0.25, 0.3) is 11.0 Å². The topological polar surface area (TPSA) is 88.4 Å². The summed E-state index contributed by atoms with van der Waals surface area (Å²) < 4.78 is 43.6. The number of ether oxygens (including phenoxy) is 1. The predicted octanol–water partition coefficient (Wildman–Crippen LogP) is 5.40. The van der Waals surface area contributed by atoms with Crippen LogP contribution in [0.15, 0.2) is 42.5 Å². The van der Waals surface area contributed by atoms with Crippen LogP contribution >= 0.6 is 0 Å². The Bertz CT molecular complexity index is 1170. The van der Waals surface area contributed by atoms with Gasteiger partial charge in [-0.3, -0.25) is 4.79 Å². The number of hydrogen-bond acceptors (Lipinski definition) is 5. The van der Waals surface area contributed by atoms with E-state index in [4.69, 9.17) is 10.1 Å². The average molecular weight is 491 g/mol. The molecule has 1 saturated carbocycles. The lowest BCUT2D eigenvalue weighted by Crippen LogP contribution is -2.26. The van der Waals surface area contributed by atoms with E-state index < -0.39 is 6.36 Å². The summed E-state index contributed by atoms with van der Waals surface area (Å²) in [5.74, 6) is 1.03. The van der Waals surface area contributed by atoms with Crippen molar-refractivity contribution in [2.24, 2.45) is 11.8 Å². The van der Waals surface area contributed by atoms with E-state index in [1.54, 1.807) is 12.1 Å². The number of imidazole rings is 1. The molecule has 1 unspecified atom stereocenters. The number of hydrogen-bond donors (Lipinski definition) is 3. The first kappa shape index (κ1) is 24.8. The summed E-state index contributed by atoms with van der Waals surface area (Å²) >= 11 is 0. The molecule has 0 bridgehead atoms. The van der Waals surface area contributed by atoms with Gasteiger partial charge in [-0.1, -0.05) is 13.8 Å². The molecule has 3 atom stereocenters. The Morgan fingerprint density at radius 3 is 2.43 bits per heavy atom. The van der Waals surface area contributed by atoms with Crippen molar-refractivity contribution >= 4 is 28.6 Å². The van der Waals surface area contributed by atoms with Gasteiger partial charge in [-0.05, 0) is 73.6 Å². The molecule has 188 valence electrons. The lowest BCUT2D eigenvalue weighted by molar-refractivity contribution is -0.274. The molecule has 0 aliphatic heterocycles. The molecule has 10 heteroatoms. The highest BCUT2D eigenvalue weighted by Gasteiger charge is 2.31. The second-order valence-electron chi connectivity index (χ2n) is 9.26. The van der Waals surface area contributed by atoms with Crippen molar-refractivity contribution in [1.29, 1.82) is 0 Å². The molecule has 1 fully saturated rings. The Morgan fingerprint density at radius 1 is 1.11 bits per heavy atom. The minimum Gasteiger partial charge on any atom is -0.406 e. The highest BCUT2D eigenvalue weighted by atomic mass is 19.4. The third-order valence-electron chi connectivity index (χ3n) is 6.21. The van der Waals surface area contributed by atoms with E-state index >= 15 is 0 Å². The zero-order chi connectivity index (χ0) is 25.2. The van der Waals surface area contributed by atoms with Gasteiger partial charge in [-0.15, -0.1) is 13.2 Å². The number of aliphatic hydroxyl groups excluding tert-OH is 1. The maximum Gasteiger partial charge on any atom is 0.573 e. The molecule has 1 heterocycles. The number of carbonyl (C=O) groups is 1. The van der Waals surface area contributed by atoms with Gasteiger partial charge in [0.25, 0.3) is 5.91 Å². The summed E-state index contributed by atoms with van der Waals surface area (Å²) in [6.07, 6.45) is -1.65. The predicted molar refractivity (Wildman–Crippen MR) is 127 cm³/mol. The number of carbonyl (C=O) groups excluding carboxylic acids is 1. The number of alkyl halides is 3. The number of nitrogens with one attached hydrogen (secondary N) is 2. The fourth-order valence-corrected chi connectivity index (χ4v) is 4.95. The number of benzene rings is 2. The van der Waals surface area contributed by atoms with Gasteiger partial charge in [0.1, 0.15) is 5.75 Å². The number of fused-ring (bicyclic) bond motifs is 1. The van der Waals surface area contributed by atoms with Crippen molar-refractivity contribution in [2.75, 3.05) is 18.5 Å². The molecule has 0 radical (unpaired) electrons. The van der Waals surface area contributed by atoms with E-state index in [9.17, 15) is 18.0 Å². The van der Waals surface area contributed by atoms with Crippen LogP contribution < -0.4 is 15.4 Å². The van der Waals surface area contributed by atoms with Crippen molar-refractivity contribution in [1.82, 2.24) is 14.9 Å². The SMILES string of the molecule is CC1C[C@@H](C)C[C@@H](n2c(Nc3ccc(OC(F)(F)F)cc3)nc3cc(C(=O)NCCO)ccc32)C1. The molecule has 1 aromatic heterocycles. The Kier molecular flexibility index (Phi) is 7.20. The standard InChI is InChI=1S/C25H29F3N4O3/c1-15-11-16(2)13-19(12-15)32-22-8-3-17(23(34)29-9-10-33)14-21(22)31-24(32)30-18-4-6-20(7-5-18)35-25(26,27)28/h3-8,14-16,19,33H,9-13H2,1-2H3,(H,29,34)(H,30,31)/t15-,16?,19-/m1/s1. The minimum absolute atomic E-state index is 0.151. The molecule has 0 spiro atoms. The normalized spacial score (nSPS) is 20.6. The lowest BCUT2D eigenvalue weighted by Gasteiger charge is -2.33. The summed E-state index contributed by atoms with van der Waals surface area (Å²) in [5.41, 5.74) is 2.50. The quantitative estimate of drug-likeness (QED) is 0.413. The van der Waals surface area contributed by atoms with E-state index in [2.05, 4.69) is 33.8 Å². The van der Waals surface area contributed by atoms with Crippen LogP contribution in [0, 0.1) is 11.8 Å². The fraction of sp³-hybridized carbons (Fsp3) is 0.440. The zero-order valence-corrected chi connectivity index (χ0v) is 19.6. The lowest BCUT2D eigenvalue weighted by atomic mass is 9.80. The van der Waals surface area contributed by atoms with Crippen molar-refractivity contribution < 1.29 is 27.8 Å². The largest absolute Gasteiger partial charge is 0.573 e. The average Bonchev–Trinajstić information content (AvgIpc) is 3.14. The van der Waals surface area contributed by atoms with E-state index in [0.29, 0.717) is 34.6 Å². The summed E-state index contributed by atoms with van der Waals surface area (Å²) in [6.45, 7) is 4.47. The molecule has 4 rings (SSSR count). The highest BCUT2D eigenvalue weighted by molar-refractivity contribution is 5.97. The van der Waals surface area contributed by atoms with Crippen LogP contribution in [0.4, 0.5) is 24.8 Å². The number of anilines is 2. The highest BCUT2D eigenvalue weighted by Crippen LogP contribution is 2.40. The molecule has 1 aliphatic rings. The third kappa shape index (κ3) is 6.05. The van der Waals surface area contributed by atoms with E-state index in [1.807, 2.05) is 6.07 Å². The smallest absolute Gasteiger partial charge is 0.406 e. The molecular formula is C25H29F3N4O3. The monoisotopic (exact) mass is 490 g/mol. The molecule has 3 N–H and O–H groups in total. The maximum atomic E-state index is 12.5. The maximum absolute atomic E-state index is 12.5. The number of aliphatic hydroxyl groups is 1. The summed E-state index contributed by atoms with van der Waals surface area (Å²) in [4.78, 5) is 17.1. The Balaban J connectivity index is 1.69. The number of rotatable bonds is 7. The molecule has 1 amide bonds. The molecule has 3 aromatic rings. The Morgan fingerprint density at radius 2 is 1.80 bits per heavy atom. The first-order valence-electron chi connectivity index (χ1n) is 11.7. The van der Waals surface area contributed by atoms with Gasteiger partial charge in [0.2, 0.25) is 5.95 Å². The van der Waals surface area contributed by atoms with Crippen molar-refractivity contribution in [3.8, 4) is 5.75 Å². The van der Waals surface area contributed by atoms with E-state index in [0.717, 1.165) is 24.8 Å². The van der Waals surface area contributed by atoms with Crippen LogP contribution in [-0.2, 0) is 0 Å². The second kappa shape index (κ2) is 10.2. The van der Waals surface area contributed by atoms with Gasteiger partial charge >= 0.3 is 6.36 Å². The molecular weight excluding hydrogens is 461 g/mol. The fourth-order valence-electron chi connectivity index (χ4n) is 4.95. The summed E-state index contributed by atoms with van der Waals surface area (Å²) in [6, 6.07) is 11.0. The molecule has 7 nitrogen and oxygen atoms in total. The van der Waals surface area contributed by atoms with Crippen LogP contribution in [0.2, 0.25) is 0 Å². The zero-order valence-electron chi connectivity index (χ0n) is 19.6. The van der Waals surface area contributed by atoms with Crippen LogP contribution in [0.1, 0.15) is 49.5 Å². The number of halogens is 3. The van der Waals surface area contributed by atoms with Crippen LogP contribution in [0.5, 0.6) is 5.75 Å². The number of aromatic nitrogens is 2. The van der Waals surface area contributed by atoms with Gasteiger partial charge in [-0.25, -0.2) is 4.98 Å². The third-order valence-corrected chi connectivity index (χ3v) is 6.21. The van der Waals surface area contributed by atoms with Gasteiger partial charge in [0.05, 0.1) is 17.6 Å². The summed E-state index contributed by atoms with van der Waals surface area (Å²) in [7, 11) is 0. The summed E-state index contributed by atoms with van der Waals surface area (Å²) in [5, 5.41) is 14.9. The number of nitrogens with zero attached hydrogens (tertiary/aromatic N) is 2. The van der Waals surface area contributed by atoms with Crippen molar-refractivity contribution in [3.63, 3.8) is 0 Å². The number of amides is 1. The first-order chi connectivity index (χ1) is 16.6. The van der Waals surface area contributed by atoms with Gasteiger partial charge in [0, 0.05) is 23.8 Å². The van der Waals surface area contributed by atoms with Crippen LogP contribution in [0.3, 0.4) is 0 Å². The Hall–Kier alpha value is -3.27. The van der Waals surface area contributed by atoms with Gasteiger partial charge in [-0.2, -0.15) is 0 Å².